The fourth-order valence-corrected chi connectivity index (χ4v) is 9.17. The van der Waals surface area contributed by atoms with Crippen LogP contribution >= 0.6 is 0 Å². The maximum absolute atomic E-state index is 15.0. The smallest absolute Gasteiger partial charge is 0.308 e. The van der Waals surface area contributed by atoms with Gasteiger partial charge in [-0.15, -0.1) is 0 Å². The highest BCUT2D eigenvalue weighted by molar-refractivity contribution is 5.98. The molecule has 252 valence electrons. The second-order valence-corrected chi connectivity index (χ2v) is 14.6. The zero-order valence-corrected chi connectivity index (χ0v) is 28.0. The van der Waals surface area contributed by atoms with Crippen LogP contribution in [0.2, 0.25) is 0 Å². The molecule has 0 spiro atoms. The van der Waals surface area contributed by atoms with Gasteiger partial charge in [-0.2, -0.15) is 0 Å². The van der Waals surface area contributed by atoms with Crippen LogP contribution in [0.25, 0.3) is 0 Å². The summed E-state index contributed by atoms with van der Waals surface area (Å²) >= 11 is 0. The van der Waals surface area contributed by atoms with Crippen molar-refractivity contribution in [1.29, 1.82) is 0 Å². The van der Waals surface area contributed by atoms with Crippen molar-refractivity contribution in [3.63, 3.8) is 0 Å². The molecule has 45 heavy (non-hydrogen) atoms. The van der Waals surface area contributed by atoms with Gasteiger partial charge in [-0.3, -0.25) is 28.8 Å². The maximum atomic E-state index is 15.0. The lowest BCUT2D eigenvalue weighted by Crippen LogP contribution is -2.66. The molecular weight excluding hydrogens is 588 g/mol. The third-order valence-corrected chi connectivity index (χ3v) is 11.0. The van der Waals surface area contributed by atoms with Crippen molar-refractivity contribution in [1.82, 2.24) is 0 Å². The number of fused-ring (bicyclic) bond motifs is 4. The van der Waals surface area contributed by atoms with Crippen LogP contribution in [0.5, 0.6) is 0 Å². The zero-order chi connectivity index (χ0) is 34.0. The van der Waals surface area contributed by atoms with Gasteiger partial charge in [0.15, 0.2) is 5.60 Å². The predicted molar refractivity (Wildman–Crippen MR) is 156 cm³/mol. The minimum Gasteiger partial charge on any atom is -0.465 e. The first-order valence-corrected chi connectivity index (χ1v) is 15.9. The summed E-state index contributed by atoms with van der Waals surface area (Å²) < 4.78 is 30.0. The molecule has 0 aromatic rings. The summed E-state index contributed by atoms with van der Waals surface area (Å²) in [6, 6.07) is 0. The molecule has 0 saturated heterocycles. The molecule has 1 N–H and O–H groups in total. The SMILES string of the molecule is CCC(=O)O[C@@H]1[C@@H]2[C@@H](OC(=O)C(C)C)[C@@]3(COC(C)=O)[C@@H]([C@@H]4[C@H](C[C@H]3OC(C)=O)C4(C)C)[C@](C)(OC(C)=O)C(=O)[C@@]2(O)C[C@@H]1C. The first-order valence-electron chi connectivity index (χ1n) is 15.9. The van der Waals surface area contributed by atoms with Gasteiger partial charge >= 0.3 is 29.8 Å². The zero-order valence-electron chi connectivity index (χ0n) is 28.0. The fourth-order valence-electron chi connectivity index (χ4n) is 9.17. The van der Waals surface area contributed by atoms with E-state index in [0.717, 1.165) is 6.92 Å². The number of ether oxygens (including phenoxy) is 5. The van der Waals surface area contributed by atoms with Gasteiger partial charge in [-0.05, 0) is 42.9 Å². The highest BCUT2D eigenvalue weighted by Crippen LogP contribution is 2.76. The molecule has 4 rings (SSSR count). The van der Waals surface area contributed by atoms with E-state index in [-0.39, 0.29) is 31.1 Å². The predicted octanol–water partition coefficient (Wildman–Crippen LogP) is 2.94. The molecule has 0 amide bonds. The molecule has 0 aromatic carbocycles. The highest BCUT2D eigenvalue weighted by Gasteiger charge is 2.84. The van der Waals surface area contributed by atoms with Gasteiger partial charge in [0.2, 0.25) is 5.78 Å². The molecule has 11 atom stereocenters. The minimum atomic E-state index is -2.32. The highest BCUT2D eigenvalue weighted by atomic mass is 16.6. The standard InChI is InChI=1S/C33H48O12/c1-11-22(37)43-25-16(4)13-33(40)24(25)27(44-28(38)15(2)3)32(14-41-17(5)34)21(42-18(6)35)12-20-23(30(20,8)9)26(32)31(10,29(33)39)45-19(7)36/h15-16,20-21,23-27,40H,11-14H2,1-10H3/t16-,20-,21+,23-,24+,25-,26-,27+,31-,32+,33+/m0/s1. The summed E-state index contributed by atoms with van der Waals surface area (Å²) in [5.41, 5.74) is -6.57. The van der Waals surface area contributed by atoms with E-state index in [0.29, 0.717) is 0 Å². The minimum absolute atomic E-state index is 0.000835. The molecule has 4 aliphatic rings. The lowest BCUT2D eigenvalue weighted by atomic mass is 9.55. The summed E-state index contributed by atoms with van der Waals surface area (Å²) in [6.07, 6.45) is -3.67. The fraction of sp³-hybridized carbons (Fsp3) is 0.818. The van der Waals surface area contributed by atoms with Gasteiger partial charge in [-0.1, -0.05) is 41.5 Å². The Morgan fingerprint density at radius 3 is 2.07 bits per heavy atom. The molecule has 0 heterocycles. The van der Waals surface area contributed by atoms with Crippen LogP contribution in [0, 0.1) is 46.3 Å². The Morgan fingerprint density at radius 1 is 0.933 bits per heavy atom. The van der Waals surface area contributed by atoms with Crippen molar-refractivity contribution in [3.8, 4) is 0 Å². The molecule has 0 radical (unpaired) electrons. The molecule has 0 aromatic heterocycles. The summed E-state index contributed by atoms with van der Waals surface area (Å²) in [5.74, 6) is -8.48. The Bertz CT molecular complexity index is 1270. The molecule has 0 unspecified atom stereocenters. The van der Waals surface area contributed by atoms with Crippen molar-refractivity contribution in [2.24, 2.45) is 46.3 Å². The van der Waals surface area contributed by atoms with E-state index in [1.165, 1.54) is 20.8 Å². The summed E-state index contributed by atoms with van der Waals surface area (Å²) in [5, 5.41) is 12.7. The monoisotopic (exact) mass is 636 g/mol. The van der Waals surface area contributed by atoms with Crippen molar-refractivity contribution in [3.05, 3.63) is 0 Å². The van der Waals surface area contributed by atoms with E-state index in [2.05, 4.69) is 0 Å². The van der Waals surface area contributed by atoms with E-state index in [4.69, 9.17) is 23.7 Å². The van der Waals surface area contributed by atoms with E-state index in [9.17, 15) is 29.1 Å². The number of Topliss-reactive ketones (excluding diaryl/α,β-unsaturated/α-hetero) is 1. The molecule has 0 aliphatic heterocycles. The van der Waals surface area contributed by atoms with Gasteiger partial charge in [-0.25, -0.2) is 0 Å². The largest absolute Gasteiger partial charge is 0.465 e. The van der Waals surface area contributed by atoms with Crippen LogP contribution in [0.1, 0.15) is 88.5 Å². The molecule has 0 bridgehead atoms. The third kappa shape index (κ3) is 5.44. The Hall–Kier alpha value is -3.02. The van der Waals surface area contributed by atoms with Crippen LogP contribution in [-0.2, 0) is 52.5 Å². The molecule has 4 aliphatic carbocycles. The normalized spacial score (nSPS) is 41.0. The molecular formula is C33H48O12. The number of carbonyl (C=O) groups is 6. The summed E-state index contributed by atoms with van der Waals surface area (Å²) in [7, 11) is 0. The van der Waals surface area contributed by atoms with Crippen molar-refractivity contribution in [2.45, 2.75) is 118 Å². The van der Waals surface area contributed by atoms with E-state index in [1.54, 1.807) is 27.7 Å². The first kappa shape index (κ1) is 34.8. The van der Waals surface area contributed by atoms with Gasteiger partial charge < -0.3 is 28.8 Å². The molecule has 4 saturated carbocycles. The second kappa shape index (κ2) is 11.7. The average Bonchev–Trinajstić information content (AvgIpc) is 3.36. The van der Waals surface area contributed by atoms with E-state index >= 15 is 4.79 Å². The molecule has 12 heteroatoms. The maximum Gasteiger partial charge on any atom is 0.308 e. The number of carbonyl (C=O) groups excluding carboxylic acids is 6. The van der Waals surface area contributed by atoms with Gasteiger partial charge in [0, 0.05) is 33.1 Å². The van der Waals surface area contributed by atoms with Crippen molar-refractivity contribution in [2.75, 3.05) is 6.61 Å². The van der Waals surface area contributed by atoms with Crippen molar-refractivity contribution < 1.29 is 57.6 Å². The van der Waals surface area contributed by atoms with Crippen LogP contribution in [-0.4, -0.2) is 76.9 Å². The van der Waals surface area contributed by atoms with Crippen molar-refractivity contribution >= 4 is 35.6 Å². The second-order valence-electron chi connectivity index (χ2n) is 14.6. The Balaban J connectivity index is 2.17. The number of hydrogen-bond donors (Lipinski definition) is 1. The summed E-state index contributed by atoms with van der Waals surface area (Å²) in [4.78, 5) is 79.5. The Labute approximate surface area is 264 Å². The van der Waals surface area contributed by atoms with E-state index in [1.807, 2.05) is 13.8 Å². The molecule has 12 nitrogen and oxygen atoms in total. The lowest BCUT2D eigenvalue weighted by molar-refractivity contribution is -0.240. The Kier molecular flexibility index (Phi) is 9.02. The number of esters is 5. The lowest BCUT2D eigenvalue weighted by Gasteiger charge is -2.55. The number of aliphatic hydroxyl groups is 1. The van der Waals surface area contributed by atoms with Crippen LogP contribution in [0.15, 0.2) is 0 Å². The third-order valence-electron chi connectivity index (χ3n) is 11.0. The Morgan fingerprint density at radius 2 is 1.56 bits per heavy atom. The topological polar surface area (TPSA) is 169 Å². The van der Waals surface area contributed by atoms with Crippen LogP contribution in [0.3, 0.4) is 0 Å². The summed E-state index contributed by atoms with van der Waals surface area (Å²) in [6.45, 7) is 15.0. The van der Waals surface area contributed by atoms with Gasteiger partial charge in [0.25, 0.3) is 0 Å². The number of hydrogen-bond acceptors (Lipinski definition) is 12. The van der Waals surface area contributed by atoms with E-state index < -0.39 is 106 Å². The van der Waals surface area contributed by atoms with Gasteiger partial charge in [0.05, 0.1) is 17.3 Å². The van der Waals surface area contributed by atoms with Gasteiger partial charge in [0.1, 0.15) is 30.5 Å². The quantitative estimate of drug-likeness (QED) is 0.306. The first-order chi connectivity index (χ1) is 20.7. The number of rotatable bonds is 8. The molecule has 4 fully saturated rings. The number of ketones is 1. The average molecular weight is 637 g/mol. The van der Waals surface area contributed by atoms with Crippen LogP contribution in [0.4, 0.5) is 0 Å². The van der Waals surface area contributed by atoms with Crippen LogP contribution < -0.4 is 0 Å².